The number of fused-ring (bicyclic) bond motifs is 1. The van der Waals surface area contributed by atoms with E-state index in [2.05, 4.69) is 222 Å². The molecule has 516 valence electrons. The summed E-state index contributed by atoms with van der Waals surface area (Å²) >= 11 is 2.32. The van der Waals surface area contributed by atoms with Crippen molar-refractivity contribution in [2.75, 3.05) is 13.7 Å². The van der Waals surface area contributed by atoms with E-state index < -0.39 is 72.1 Å². The van der Waals surface area contributed by atoms with E-state index in [4.69, 9.17) is 50.6 Å². The molecule has 5 rings (SSSR count). The van der Waals surface area contributed by atoms with Crippen molar-refractivity contribution in [3.63, 3.8) is 0 Å². The van der Waals surface area contributed by atoms with E-state index in [1.54, 1.807) is 7.11 Å². The Morgan fingerprint density at radius 1 is 0.629 bits per heavy atom. The van der Waals surface area contributed by atoms with Gasteiger partial charge in [-0.25, -0.2) is 0 Å². The lowest BCUT2D eigenvalue weighted by Gasteiger charge is -2.56. The fraction of sp³-hybridized carbons (Fsp3) is 0.886. The zero-order valence-corrected chi connectivity index (χ0v) is 68.5. The summed E-state index contributed by atoms with van der Waals surface area (Å²) in [6, 6.07) is 0. The van der Waals surface area contributed by atoms with Crippen molar-refractivity contribution in [1.29, 1.82) is 0 Å². The molecule has 19 heteroatoms. The highest BCUT2D eigenvalue weighted by Crippen LogP contribution is 2.50. The fourth-order valence-corrected chi connectivity index (χ4v) is 18.8. The molecule has 5 heterocycles. The third kappa shape index (κ3) is 20.5. The summed E-state index contributed by atoms with van der Waals surface area (Å²) in [5.41, 5.74) is 2.15. The zero-order chi connectivity index (χ0) is 67.6. The van der Waals surface area contributed by atoms with Crippen LogP contribution in [0.3, 0.4) is 0 Å². The number of methoxy groups -OCH3 is 1. The highest BCUT2D eigenvalue weighted by molar-refractivity contribution is 14.1. The Bertz CT molecular complexity index is 2360. The standard InChI is InChI=1S/C70H131IO13Si5/c1-46-39-51(32-34-55-47(2)40-50(76-55)31-30-38-72)77-58(48(46)3)44-59-54(61(74-19)60(79-59)43-53(81-86(22,23)67(7,8)9)45-75-85(20,21)66(4,5)6)42-49(73)41-52-33-35-56-62(78-52)64(83-88(26,27)69(13,14)15)65(84-89(28,29)70(16,17)18)63(80-56)57(36-37-71)82-87(24,25)68(10,11)12/h36-38,46,50-65H,2-3,30-35,39-45H2,1,4-29H3/b37-36+/t46-,50+,51+,52?,53+,54+,55?,56+,57+,58?,59+,60-,61-,62+,63+,64+,65-/m1/s1. The molecule has 0 aliphatic carbocycles. The van der Waals surface area contributed by atoms with Gasteiger partial charge in [0.05, 0.1) is 73.8 Å². The summed E-state index contributed by atoms with van der Waals surface area (Å²) < 4.78 is 81.7. The summed E-state index contributed by atoms with van der Waals surface area (Å²) in [6.45, 7) is 69.2. The van der Waals surface area contributed by atoms with Crippen LogP contribution in [-0.4, -0.2) is 159 Å². The number of hydrogen-bond donors (Lipinski definition) is 0. The van der Waals surface area contributed by atoms with Crippen LogP contribution in [0.25, 0.3) is 0 Å². The molecular formula is C70H131IO13Si5. The maximum atomic E-state index is 15.4. The molecule has 5 saturated heterocycles. The van der Waals surface area contributed by atoms with Gasteiger partial charge in [-0.2, -0.15) is 0 Å². The van der Waals surface area contributed by atoms with Gasteiger partial charge in [-0.05, 0) is 163 Å². The maximum absolute atomic E-state index is 15.4. The Balaban J connectivity index is 1.51. The van der Waals surface area contributed by atoms with Crippen LogP contribution in [0.5, 0.6) is 0 Å². The van der Waals surface area contributed by atoms with Crippen molar-refractivity contribution in [2.45, 2.75) is 370 Å². The molecule has 0 saturated carbocycles. The molecule has 0 spiro atoms. The monoisotopic (exact) mass is 1450 g/mol. The average molecular weight is 1450 g/mol. The number of Topliss-reactive ketones (excluding diaryl/α,β-unsaturated/α-hetero) is 1. The molecule has 3 unspecified atom stereocenters. The van der Waals surface area contributed by atoms with Crippen molar-refractivity contribution < 1.29 is 60.1 Å². The third-order valence-electron chi connectivity index (χ3n) is 23.2. The van der Waals surface area contributed by atoms with Crippen LogP contribution >= 0.6 is 22.6 Å². The van der Waals surface area contributed by atoms with Crippen LogP contribution in [0.15, 0.2) is 34.5 Å². The Labute approximate surface area is 562 Å². The minimum atomic E-state index is -2.50. The molecule has 5 aliphatic heterocycles. The molecule has 0 amide bonds. The molecule has 0 aromatic rings. The topological polar surface area (TPSA) is 136 Å². The number of hydrogen-bond acceptors (Lipinski definition) is 13. The molecule has 5 fully saturated rings. The summed E-state index contributed by atoms with van der Waals surface area (Å²) in [6.07, 6.45) is 5.88. The molecule has 0 bridgehead atoms. The first-order valence-electron chi connectivity index (χ1n) is 34.2. The number of ketones is 1. The predicted octanol–water partition coefficient (Wildman–Crippen LogP) is 18.2. The fourth-order valence-electron chi connectivity index (χ4n) is 12.2. The Kier molecular flexibility index (Phi) is 27.5. The van der Waals surface area contributed by atoms with Gasteiger partial charge in [0.25, 0.3) is 0 Å². The van der Waals surface area contributed by atoms with Crippen LogP contribution in [0.2, 0.25) is 90.7 Å². The van der Waals surface area contributed by atoms with Crippen LogP contribution in [-0.2, 0) is 60.1 Å². The highest BCUT2D eigenvalue weighted by Gasteiger charge is 2.59. The van der Waals surface area contributed by atoms with Crippen molar-refractivity contribution in [1.82, 2.24) is 0 Å². The van der Waals surface area contributed by atoms with Crippen LogP contribution < -0.4 is 0 Å². The van der Waals surface area contributed by atoms with E-state index >= 15 is 4.79 Å². The molecule has 0 N–H and O–H groups in total. The van der Waals surface area contributed by atoms with E-state index in [1.807, 2.05) is 0 Å². The van der Waals surface area contributed by atoms with Gasteiger partial charge in [-0.15, -0.1) is 0 Å². The van der Waals surface area contributed by atoms with Gasteiger partial charge in [-0.3, -0.25) is 4.79 Å². The minimum absolute atomic E-state index is 0.0158. The van der Waals surface area contributed by atoms with Crippen molar-refractivity contribution in [3.05, 3.63) is 34.5 Å². The van der Waals surface area contributed by atoms with Crippen molar-refractivity contribution in [2.24, 2.45) is 11.8 Å². The lowest BCUT2D eigenvalue weighted by atomic mass is 9.81. The molecule has 0 radical (unpaired) electrons. The average Bonchev–Trinajstić information content (AvgIpc) is 1.32. The lowest BCUT2D eigenvalue weighted by Crippen LogP contribution is -2.69. The van der Waals surface area contributed by atoms with Gasteiger partial charge in [0.1, 0.15) is 36.5 Å². The zero-order valence-electron chi connectivity index (χ0n) is 61.3. The highest BCUT2D eigenvalue weighted by atomic mass is 127. The number of carbonyl (C=O) groups is 2. The van der Waals surface area contributed by atoms with E-state index in [9.17, 15) is 4.79 Å². The van der Waals surface area contributed by atoms with Gasteiger partial charge in [0, 0.05) is 45.1 Å². The van der Waals surface area contributed by atoms with Gasteiger partial charge < -0.3 is 55.3 Å². The largest absolute Gasteiger partial charge is 0.414 e. The van der Waals surface area contributed by atoms with Gasteiger partial charge in [-0.1, -0.05) is 147 Å². The van der Waals surface area contributed by atoms with Gasteiger partial charge >= 0.3 is 0 Å². The van der Waals surface area contributed by atoms with Crippen LogP contribution in [0.1, 0.15) is 188 Å². The van der Waals surface area contributed by atoms with Crippen molar-refractivity contribution >= 4 is 76.2 Å². The molecule has 13 nitrogen and oxygen atoms in total. The number of carbonyl (C=O) groups excluding carboxylic acids is 2. The first-order valence-corrected chi connectivity index (χ1v) is 50.0. The van der Waals surface area contributed by atoms with Gasteiger partial charge in [0.15, 0.2) is 41.6 Å². The molecule has 17 atom stereocenters. The molecule has 89 heavy (non-hydrogen) atoms. The molecule has 0 aromatic heterocycles. The summed E-state index contributed by atoms with van der Waals surface area (Å²) in [5, 5.41) is -0.270. The van der Waals surface area contributed by atoms with Crippen LogP contribution in [0.4, 0.5) is 0 Å². The first kappa shape index (κ1) is 79.6. The normalized spacial score (nSPS) is 31.8. The molecule has 0 aromatic carbocycles. The minimum Gasteiger partial charge on any atom is -0.414 e. The third-order valence-corrected chi connectivity index (χ3v) is 46.1. The SMILES string of the molecule is C=C1C[C@H](CCC=O)OC1CC[C@H]1C[C@@H](C)C(=C)C(C[C@@H]2O[C@H](C[C@@H](CO[Si](C)(C)C(C)(C)C)O[Si](C)(C)C(C)(C)C)[C@H](OC)[C@H]2CC(=O)CC2CC[C@@H]3O[C@@H]([C@H](/C=C/I)O[Si](C)(C)C(C)(C)C)[C@@H](O[Si](C)(C)C(C)(C)C)[C@@H](O[Si](C)(C)C(C)(C)C)[C@H]3O2)O1. The number of rotatable bonds is 28. The Hall–Kier alpha value is -0.0656. The lowest BCUT2D eigenvalue weighted by molar-refractivity contribution is -0.266. The summed E-state index contributed by atoms with van der Waals surface area (Å²) in [7, 11) is -10.0. The van der Waals surface area contributed by atoms with E-state index in [1.165, 1.54) is 0 Å². The maximum Gasteiger partial charge on any atom is 0.193 e. The van der Waals surface area contributed by atoms with Gasteiger partial charge in [0.2, 0.25) is 0 Å². The summed E-state index contributed by atoms with van der Waals surface area (Å²) in [4.78, 5) is 26.6. The second kappa shape index (κ2) is 30.8. The first-order chi connectivity index (χ1) is 40.5. The predicted molar refractivity (Wildman–Crippen MR) is 386 cm³/mol. The Morgan fingerprint density at radius 2 is 1.18 bits per heavy atom. The molecule has 5 aliphatic rings. The quantitative estimate of drug-likeness (QED) is 0.0318. The second-order valence-electron chi connectivity index (χ2n) is 35.2. The van der Waals surface area contributed by atoms with Crippen molar-refractivity contribution in [3.8, 4) is 0 Å². The molecular weight excluding hydrogens is 1320 g/mol. The van der Waals surface area contributed by atoms with E-state index in [0.29, 0.717) is 38.7 Å². The second-order valence-corrected chi connectivity index (χ2v) is 59.8. The van der Waals surface area contributed by atoms with E-state index in [-0.39, 0.29) is 117 Å². The number of halogens is 1. The van der Waals surface area contributed by atoms with E-state index in [0.717, 1.165) is 49.5 Å². The summed E-state index contributed by atoms with van der Waals surface area (Å²) in [5.74, 6) is 0.0514. The Morgan fingerprint density at radius 3 is 1.72 bits per heavy atom. The smallest absolute Gasteiger partial charge is 0.193 e. The number of aldehydes is 1. The van der Waals surface area contributed by atoms with Crippen LogP contribution in [0, 0.1) is 11.8 Å². The number of ether oxygens (including phenoxy) is 6.